The molecule has 0 amide bonds. The Morgan fingerprint density at radius 1 is 1.80 bits per heavy atom. The first kappa shape index (κ1) is 7.28. The highest BCUT2D eigenvalue weighted by Gasteiger charge is 2.04. The van der Waals surface area contributed by atoms with Crippen molar-refractivity contribution in [2.75, 3.05) is 0 Å². The maximum Gasteiger partial charge on any atom is 0.139 e. The number of hydrogen-bond acceptors (Lipinski definition) is 3. The molecule has 0 saturated heterocycles. The van der Waals surface area contributed by atoms with Crippen molar-refractivity contribution in [3.63, 3.8) is 0 Å². The van der Waals surface area contributed by atoms with Crippen molar-refractivity contribution in [1.29, 1.82) is 0 Å². The number of aliphatic hydroxyl groups excluding tert-OH is 1. The van der Waals surface area contributed by atoms with Crippen LogP contribution in [-0.4, -0.2) is 16.4 Å². The van der Waals surface area contributed by atoms with E-state index >= 15 is 0 Å². The number of hydrogen-bond donors (Lipinski definition) is 1. The first-order valence-electron chi connectivity index (χ1n) is 3.40. The SMILES string of the molecule is CCC(O)Cc1ccno1. The predicted molar refractivity (Wildman–Crippen MR) is 36.5 cm³/mol. The average molecular weight is 141 g/mol. The van der Waals surface area contributed by atoms with Gasteiger partial charge in [-0.25, -0.2) is 0 Å². The summed E-state index contributed by atoms with van der Waals surface area (Å²) in [7, 11) is 0. The number of aliphatic hydroxyl groups is 1. The lowest BCUT2D eigenvalue weighted by Crippen LogP contribution is -2.07. The Kier molecular flexibility index (Phi) is 2.45. The Bertz CT molecular complexity index is 172. The summed E-state index contributed by atoms with van der Waals surface area (Å²) in [6, 6.07) is 1.76. The number of aromatic nitrogens is 1. The molecule has 1 atom stereocenters. The Balaban J connectivity index is 2.40. The van der Waals surface area contributed by atoms with Gasteiger partial charge in [0.2, 0.25) is 0 Å². The fourth-order valence-corrected chi connectivity index (χ4v) is 0.724. The molecule has 0 spiro atoms. The van der Waals surface area contributed by atoms with E-state index in [1.165, 1.54) is 0 Å². The normalized spacial score (nSPS) is 13.4. The summed E-state index contributed by atoms with van der Waals surface area (Å²) in [6.45, 7) is 1.93. The topological polar surface area (TPSA) is 46.3 Å². The molecule has 1 heterocycles. The summed E-state index contributed by atoms with van der Waals surface area (Å²) >= 11 is 0. The van der Waals surface area contributed by atoms with Crippen molar-refractivity contribution in [1.82, 2.24) is 5.16 Å². The molecule has 0 saturated carbocycles. The van der Waals surface area contributed by atoms with E-state index in [1.807, 2.05) is 6.92 Å². The highest BCUT2D eigenvalue weighted by Crippen LogP contribution is 2.03. The molecule has 0 bridgehead atoms. The average Bonchev–Trinajstić information content (AvgIpc) is 2.40. The monoisotopic (exact) mass is 141 g/mol. The van der Waals surface area contributed by atoms with Crippen molar-refractivity contribution in [3.05, 3.63) is 18.0 Å². The van der Waals surface area contributed by atoms with Crippen LogP contribution in [0.1, 0.15) is 19.1 Å². The minimum atomic E-state index is -0.298. The van der Waals surface area contributed by atoms with Gasteiger partial charge >= 0.3 is 0 Å². The van der Waals surface area contributed by atoms with Crippen molar-refractivity contribution >= 4 is 0 Å². The predicted octanol–water partition coefficient (Wildman–Crippen LogP) is 0.988. The molecule has 1 rings (SSSR count). The van der Waals surface area contributed by atoms with Gasteiger partial charge < -0.3 is 9.63 Å². The molecule has 0 aliphatic rings. The van der Waals surface area contributed by atoms with Crippen LogP contribution < -0.4 is 0 Å². The van der Waals surface area contributed by atoms with Crippen LogP contribution in [0.15, 0.2) is 16.8 Å². The van der Waals surface area contributed by atoms with Gasteiger partial charge in [-0.15, -0.1) is 0 Å². The van der Waals surface area contributed by atoms with Crippen LogP contribution in [-0.2, 0) is 6.42 Å². The van der Waals surface area contributed by atoms with Crippen molar-refractivity contribution in [3.8, 4) is 0 Å². The third-order valence-electron chi connectivity index (χ3n) is 1.40. The van der Waals surface area contributed by atoms with Gasteiger partial charge in [-0.2, -0.15) is 0 Å². The number of nitrogens with zero attached hydrogens (tertiary/aromatic N) is 1. The number of rotatable bonds is 3. The summed E-state index contributed by atoms with van der Waals surface area (Å²) in [5, 5.41) is 12.7. The molecule has 0 aromatic carbocycles. The maximum absolute atomic E-state index is 9.14. The molecule has 1 aromatic heterocycles. The molecule has 1 aromatic rings. The minimum absolute atomic E-state index is 0.298. The van der Waals surface area contributed by atoms with E-state index in [-0.39, 0.29) is 6.10 Å². The quantitative estimate of drug-likeness (QED) is 0.682. The van der Waals surface area contributed by atoms with Crippen molar-refractivity contribution < 1.29 is 9.63 Å². The fraction of sp³-hybridized carbons (Fsp3) is 0.571. The smallest absolute Gasteiger partial charge is 0.139 e. The molecule has 0 fully saturated rings. The van der Waals surface area contributed by atoms with Gasteiger partial charge in [0.25, 0.3) is 0 Å². The molecular weight excluding hydrogens is 130 g/mol. The molecule has 56 valence electrons. The van der Waals surface area contributed by atoms with Crippen LogP contribution in [0.25, 0.3) is 0 Å². The second-order valence-electron chi connectivity index (χ2n) is 2.24. The van der Waals surface area contributed by atoms with E-state index in [9.17, 15) is 0 Å². The highest BCUT2D eigenvalue weighted by atomic mass is 16.5. The third-order valence-corrected chi connectivity index (χ3v) is 1.40. The molecule has 10 heavy (non-hydrogen) atoms. The molecule has 0 radical (unpaired) electrons. The van der Waals surface area contributed by atoms with E-state index in [2.05, 4.69) is 5.16 Å². The third kappa shape index (κ3) is 1.84. The first-order chi connectivity index (χ1) is 4.83. The zero-order chi connectivity index (χ0) is 7.40. The summed E-state index contributed by atoms with van der Waals surface area (Å²) in [5.41, 5.74) is 0. The van der Waals surface area contributed by atoms with E-state index in [0.29, 0.717) is 6.42 Å². The zero-order valence-electron chi connectivity index (χ0n) is 5.95. The van der Waals surface area contributed by atoms with E-state index in [1.54, 1.807) is 12.3 Å². The summed E-state index contributed by atoms with van der Waals surface area (Å²) in [4.78, 5) is 0. The summed E-state index contributed by atoms with van der Waals surface area (Å²) in [5.74, 6) is 0.745. The van der Waals surface area contributed by atoms with Crippen LogP contribution in [0.5, 0.6) is 0 Å². The Hall–Kier alpha value is -0.830. The van der Waals surface area contributed by atoms with Gasteiger partial charge in [0.1, 0.15) is 5.76 Å². The standard InChI is InChI=1S/C7H11NO2/c1-2-6(9)5-7-3-4-8-10-7/h3-4,6,9H,2,5H2,1H3. The lowest BCUT2D eigenvalue weighted by molar-refractivity contribution is 0.160. The summed E-state index contributed by atoms with van der Waals surface area (Å²) in [6.07, 6.45) is 2.60. The second-order valence-corrected chi connectivity index (χ2v) is 2.24. The maximum atomic E-state index is 9.14. The lowest BCUT2D eigenvalue weighted by atomic mass is 10.2. The van der Waals surface area contributed by atoms with E-state index < -0.39 is 0 Å². The second kappa shape index (κ2) is 3.37. The lowest BCUT2D eigenvalue weighted by Gasteiger charge is -2.01. The molecule has 0 aliphatic heterocycles. The van der Waals surface area contributed by atoms with Gasteiger partial charge in [-0.05, 0) is 6.42 Å². The van der Waals surface area contributed by atoms with Crippen LogP contribution in [0.3, 0.4) is 0 Å². The Labute approximate surface area is 59.7 Å². The molecule has 1 N–H and O–H groups in total. The fourth-order valence-electron chi connectivity index (χ4n) is 0.724. The van der Waals surface area contributed by atoms with Crippen LogP contribution in [0.2, 0.25) is 0 Å². The van der Waals surface area contributed by atoms with Crippen molar-refractivity contribution in [2.24, 2.45) is 0 Å². The van der Waals surface area contributed by atoms with Crippen LogP contribution in [0.4, 0.5) is 0 Å². The molecule has 3 heteroatoms. The van der Waals surface area contributed by atoms with Gasteiger partial charge in [-0.3, -0.25) is 0 Å². The van der Waals surface area contributed by atoms with Gasteiger partial charge in [0.15, 0.2) is 0 Å². The van der Waals surface area contributed by atoms with Crippen LogP contribution in [0, 0.1) is 0 Å². The Morgan fingerprint density at radius 3 is 3.10 bits per heavy atom. The largest absolute Gasteiger partial charge is 0.393 e. The summed E-state index contributed by atoms with van der Waals surface area (Å²) < 4.78 is 4.80. The minimum Gasteiger partial charge on any atom is -0.393 e. The van der Waals surface area contributed by atoms with Gasteiger partial charge in [0.05, 0.1) is 12.3 Å². The van der Waals surface area contributed by atoms with Gasteiger partial charge in [0, 0.05) is 12.5 Å². The van der Waals surface area contributed by atoms with Gasteiger partial charge in [-0.1, -0.05) is 12.1 Å². The van der Waals surface area contributed by atoms with Crippen LogP contribution >= 0.6 is 0 Å². The Morgan fingerprint density at radius 2 is 2.60 bits per heavy atom. The van der Waals surface area contributed by atoms with Crippen molar-refractivity contribution in [2.45, 2.75) is 25.9 Å². The highest BCUT2D eigenvalue weighted by molar-refractivity contribution is 4.94. The molecule has 3 nitrogen and oxygen atoms in total. The van der Waals surface area contributed by atoms with E-state index in [0.717, 1.165) is 12.2 Å². The molecular formula is C7H11NO2. The molecule has 1 unspecified atom stereocenters. The molecule has 0 aliphatic carbocycles. The van der Waals surface area contributed by atoms with E-state index in [4.69, 9.17) is 9.63 Å². The zero-order valence-corrected chi connectivity index (χ0v) is 5.95. The first-order valence-corrected chi connectivity index (χ1v) is 3.40.